The van der Waals surface area contributed by atoms with E-state index in [9.17, 15) is 13.5 Å². The van der Waals surface area contributed by atoms with Gasteiger partial charge in [0.25, 0.3) is 5.89 Å². The first-order valence-electron chi connectivity index (χ1n) is 8.28. The van der Waals surface area contributed by atoms with Gasteiger partial charge in [-0.25, -0.2) is 8.42 Å². The van der Waals surface area contributed by atoms with Gasteiger partial charge in [-0.3, -0.25) is 0 Å². The van der Waals surface area contributed by atoms with Crippen LogP contribution in [0.4, 0.5) is 0 Å². The molecule has 0 spiro atoms. The predicted octanol–water partition coefficient (Wildman–Crippen LogP) is 2.54. The second-order valence-corrected chi connectivity index (χ2v) is 8.89. The summed E-state index contributed by atoms with van der Waals surface area (Å²) in [5.74, 6) is 0.297. The second kappa shape index (κ2) is 6.66. The largest absolute Gasteiger partial charge is 0.383 e. The summed E-state index contributed by atoms with van der Waals surface area (Å²) in [5, 5.41) is 14.0. The Morgan fingerprint density at radius 1 is 1.09 bits per heavy atom. The van der Waals surface area contributed by atoms with Gasteiger partial charge in [-0.1, -0.05) is 37.3 Å². The Morgan fingerprint density at radius 2 is 1.73 bits per heavy atom. The van der Waals surface area contributed by atoms with Crippen molar-refractivity contribution in [1.82, 2.24) is 10.1 Å². The number of nitrogens with zero attached hydrogens (tertiary/aromatic N) is 2. The molecule has 2 aliphatic carbocycles. The summed E-state index contributed by atoms with van der Waals surface area (Å²) in [6.07, 6.45) is 8.51. The van der Waals surface area contributed by atoms with Gasteiger partial charge in [0.15, 0.2) is 15.7 Å². The third-order valence-electron chi connectivity index (χ3n) is 4.70. The molecule has 0 radical (unpaired) electrons. The molecule has 2 fully saturated rings. The van der Waals surface area contributed by atoms with Crippen LogP contribution in [0.25, 0.3) is 0 Å². The van der Waals surface area contributed by atoms with Crippen LogP contribution in [-0.4, -0.2) is 28.9 Å². The molecule has 0 saturated heterocycles. The topological polar surface area (TPSA) is 93.3 Å². The summed E-state index contributed by atoms with van der Waals surface area (Å²) in [5.41, 5.74) is 0. The average molecular weight is 328 g/mol. The van der Waals surface area contributed by atoms with Crippen LogP contribution in [0.3, 0.4) is 0 Å². The van der Waals surface area contributed by atoms with Crippen LogP contribution in [-0.2, 0) is 15.6 Å². The van der Waals surface area contributed by atoms with E-state index >= 15 is 0 Å². The summed E-state index contributed by atoms with van der Waals surface area (Å²) in [6, 6.07) is 0. The highest BCUT2D eigenvalue weighted by Gasteiger charge is 2.37. The molecule has 0 aromatic carbocycles. The van der Waals surface area contributed by atoms with Crippen molar-refractivity contribution in [3.63, 3.8) is 0 Å². The summed E-state index contributed by atoms with van der Waals surface area (Å²) in [6.45, 7) is 0. The summed E-state index contributed by atoms with van der Waals surface area (Å²) in [7, 11) is -3.15. The zero-order valence-electron chi connectivity index (χ0n) is 12.8. The lowest BCUT2D eigenvalue weighted by Crippen LogP contribution is -2.15. The van der Waals surface area contributed by atoms with Gasteiger partial charge in [0.1, 0.15) is 11.9 Å². The van der Waals surface area contributed by atoms with E-state index < -0.39 is 15.9 Å². The molecule has 1 unspecified atom stereocenters. The molecule has 0 amide bonds. The normalized spacial score (nSPS) is 23.0. The zero-order chi connectivity index (χ0) is 15.6. The minimum absolute atomic E-state index is 0.133. The molecule has 7 heteroatoms. The molecule has 3 rings (SSSR count). The molecule has 0 aliphatic heterocycles. The fourth-order valence-electron chi connectivity index (χ4n) is 3.18. The molecular formula is C15H24N2O4S. The molecule has 6 nitrogen and oxygen atoms in total. The van der Waals surface area contributed by atoms with E-state index in [1.165, 1.54) is 19.3 Å². The van der Waals surface area contributed by atoms with Gasteiger partial charge in [0.2, 0.25) is 0 Å². The SMILES string of the molecule is O=S(=O)(Cc1noc(C(O)C2CCCCCCC2)n1)C1CC1. The highest BCUT2D eigenvalue weighted by atomic mass is 32.2. The molecule has 22 heavy (non-hydrogen) atoms. The Morgan fingerprint density at radius 3 is 2.36 bits per heavy atom. The minimum atomic E-state index is -3.15. The highest BCUT2D eigenvalue weighted by Crippen LogP contribution is 2.33. The van der Waals surface area contributed by atoms with E-state index in [4.69, 9.17) is 4.52 Å². The van der Waals surface area contributed by atoms with Crippen LogP contribution >= 0.6 is 0 Å². The van der Waals surface area contributed by atoms with Crippen molar-refractivity contribution in [2.45, 2.75) is 74.9 Å². The van der Waals surface area contributed by atoms with Crippen molar-refractivity contribution in [3.05, 3.63) is 11.7 Å². The zero-order valence-corrected chi connectivity index (χ0v) is 13.6. The van der Waals surface area contributed by atoms with Gasteiger partial charge in [-0.05, 0) is 31.6 Å². The van der Waals surface area contributed by atoms with Crippen LogP contribution in [0.5, 0.6) is 0 Å². The average Bonchev–Trinajstić information content (AvgIpc) is 3.20. The molecule has 1 aromatic rings. The smallest absolute Gasteiger partial charge is 0.255 e. The van der Waals surface area contributed by atoms with Crippen LogP contribution in [0.1, 0.15) is 75.6 Å². The lowest BCUT2D eigenvalue weighted by atomic mass is 9.87. The van der Waals surface area contributed by atoms with Gasteiger partial charge in [-0.15, -0.1) is 0 Å². The summed E-state index contributed by atoms with van der Waals surface area (Å²) >= 11 is 0. The van der Waals surface area contributed by atoms with Crippen LogP contribution < -0.4 is 0 Å². The number of hydrogen-bond donors (Lipinski definition) is 1. The Bertz CT molecular complexity index is 586. The molecule has 1 aromatic heterocycles. The quantitative estimate of drug-likeness (QED) is 0.893. The molecule has 2 aliphatic rings. The number of rotatable bonds is 5. The van der Waals surface area contributed by atoms with Gasteiger partial charge in [-0.2, -0.15) is 4.98 Å². The monoisotopic (exact) mass is 328 g/mol. The molecular weight excluding hydrogens is 304 g/mol. The van der Waals surface area contributed by atoms with Crippen LogP contribution in [0, 0.1) is 5.92 Å². The van der Waals surface area contributed by atoms with Crippen molar-refractivity contribution in [2.24, 2.45) is 5.92 Å². The number of aliphatic hydroxyl groups is 1. The first-order valence-corrected chi connectivity index (χ1v) is 10.00. The van der Waals surface area contributed by atoms with Crippen molar-refractivity contribution < 1.29 is 18.0 Å². The van der Waals surface area contributed by atoms with Gasteiger partial charge in [0, 0.05) is 0 Å². The molecule has 0 bridgehead atoms. The van der Waals surface area contributed by atoms with Crippen molar-refractivity contribution in [1.29, 1.82) is 0 Å². The Hall–Kier alpha value is -0.950. The third kappa shape index (κ3) is 3.87. The van der Waals surface area contributed by atoms with Crippen molar-refractivity contribution >= 4 is 9.84 Å². The summed E-state index contributed by atoms with van der Waals surface area (Å²) < 4.78 is 29.0. The van der Waals surface area contributed by atoms with E-state index in [0.717, 1.165) is 38.5 Å². The van der Waals surface area contributed by atoms with Gasteiger partial charge in [0.05, 0.1) is 5.25 Å². The van der Waals surface area contributed by atoms with Crippen molar-refractivity contribution in [2.75, 3.05) is 0 Å². The Balaban J connectivity index is 1.64. The molecule has 1 N–H and O–H groups in total. The molecule has 2 saturated carbocycles. The highest BCUT2D eigenvalue weighted by molar-refractivity contribution is 7.91. The first-order chi connectivity index (χ1) is 10.6. The predicted molar refractivity (Wildman–Crippen MR) is 80.7 cm³/mol. The van der Waals surface area contributed by atoms with Crippen molar-refractivity contribution in [3.8, 4) is 0 Å². The third-order valence-corrected chi connectivity index (χ3v) is 6.84. The van der Waals surface area contributed by atoms with E-state index in [1.54, 1.807) is 0 Å². The van der Waals surface area contributed by atoms with E-state index in [2.05, 4.69) is 10.1 Å². The number of aromatic nitrogens is 2. The maximum absolute atomic E-state index is 11.9. The fraction of sp³-hybridized carbons (Fsp3) is 0.867. The number of sulfone groups is 1. The number of hydrogen-bond acceptors (Lipinski definition) is 6. The standard InChI is InChI=1S/C15H24N2O4S/c18-14(11-6-4-2-1-3-5-7-11)15-16-13(17-21-15)10-22(19,20)12-8-9-12/h11-12,14,18H,1-10H2. The molecule has 1 atom stereocenters. The maximum atomic E-state index is 11.9. The van der Waals surface area contributed by atoms with E-state index in [0.29, 0.717) is 0 Å². The van der Waals surface area contributed by atoms with Gasteiger partial charge < -0.3 is 9.63 Å². The lowest BCUT2D eigenvalue weighted by molar-refractivity contribution is 0.0605. The fourth-order valence-corrected chi connectivity index (χ4v) is 4.74. The van der Waals surface area contributed by atoms with E-state index in [-0.39, 0.29) is 28.6 Å². The van der Waals surface area contributed by atoms with Crippen LogP contribution in [0.15, 0.2) is 4.52 Å². The lowest BCUT2D eigenvalue weighted by Gasteiger charge is -2.22. The van der Waals surface area contributed by atoms with E-state index in [1.807, 2.05) is 0 Å². The summed E-state index contributed by atoms with van der Waals surface area (Å²) in [4.78, 5) is 4.13. The second-order valence-electron chi connectivity index (χ2n) is 6.61. The first kappa shape index (κ1) is 15.9. The van der Waals surface area contributed by atoms with Crippen LogP contribution in [0.2, 0.25) is 0 Å². The Labute approximate surface area is 131 Å². The van der Waals surface area contributed by atoms with Gasteiger partial charge >= 0.3 is 0 Å². The number of aliphatic hydroxyl groups excluding tert-OH is 1. The molecule has 124 valence electrons. The molecule has 1 heterocycles. The maximum Gasteiger partial charge on any atom is 0.255 e. The minimum Gasteiger partial charge on any atom is -0.383 e. The Kier molecular flexibility index (Phi) is 4.82.